The Morgan fingerprint density at radius 3 is 2.20 bits per heavy atom. The summed E-state index contributed by atoms with van der Waals surface area (Å²) >= 11 is 0. The summed E-state index contributed by atoms with van der Waals surface area (Å²) in [5, 5.41) is 0. The van der Waals surface area contributed by atoms with Gasteiger partial charge in [-0.05, 0) is 32.9 Å². The SMILES string of the molecule is Cn1c(=O)n(CCS(=O)(=O)C(C)(C)C)c2ccccc21. The molecule has 5 nitrogen and oxygen atoms in total. The maximum absolute atomic E-state index is 12.2. The predicted octanol–water partition coefficient (Wildman–Crippen LogP) is 1.55. The van der Waals surface area contributed by atoms with E-state index >= 15 is 0 Å². The van der Waals surface area contributed by atoms with Crippen LogP contribution in [0.5, 0.6) is 0 Å². The van der Waals surface area contributed by atoms with Crippen LogP contribution in [0.2, 0.25) is 0 Å². The fourth-order valence-electron chi connectivity index (χ4n) is 2.10. The number of benzene rings is 1. The van der Waals surface area contributed by atoms with Crippen LogP contribution < -0.4 is 5.69 Å². The van der Waals surface area contributed by atoms with Crippen molar-refractivity contribution in [1.82, 2.24) is 9.13 Å². The molecule has 0 atom stereocenters. The molecule has 110 valence electrons. The lowest BCUT2D eigenvalue weighted by Gasteiger charge is -2.19. The molecule has 0 fully saturated rings. The van der Waals surface area contributed by atoms with Gasteiger partial charge in [-0.1, -0.05) is 12.1 Å². The molecule has 0 aliphatic carbocycles. The Morgan fingerprint density at radius 1 is 1.10 bits per heavy atom. The van der Waals surface area contributed by atoms with Crippen LogP contribution in [0.15, 0.2) is 29.1 Å². The van der Waals surface area contributed by atoms with Gasteiger partial charge >= 0.3 is 5.69 Å². The smallest absolute Gasteiger partial charge is 0.295 e. The fraction of sp³-hybridized carbons (Fsp3) is 0.500. The van der Waals surface area contributed by atoms with Gasteiger partial charge in [0.2, 0.25) is 0 Å². The zero-order valence-corrected chi connectivity index (χ0v) is 13.1. The van der Waals surface area contributed by atoms with Crippen LogP contribution in [-0.2, 0) is 23.4 Å². The Kier molecular flexibility index (Phi) is 3.54. The highest BCUT2D eigenvalue weighted by Crippen LogP contribution is 2.17. The summed E-state index contributed by atoms with van der Waals surface area (Å²) in [5.74, 6) is -0.0373. The average molecular weight is 296 g/mol. The molecule has 0 unspecified atom stereocenters. The number of rotatable bonds is 3. The standard InChI is InChI=1S/C14H20N2O3S/c1-14(2,3)20(18,19)10-9-16-12-8-6-5-7-11(12)15(4)13(16)17/h5-8H,9-10H2,1-4H3. The van der Waals surface area contributed by atoms with Crippen LogP contribution >= 0.6 is 0 Å². The number of para-hydroxylation sites is 2. The van der Waals surface area contributed by atoms with Gasteiger partial charge in [0.15, 0.2) is 9.84 Å². The van der Waals surface area contributed by atoms with Crippen molar-refractivity contribution in [2.24, 2.45) is 7.05 Å². The highest BCUT2D eigenvalue weighted by molar-refractivity contribution is 7.92. The number of fused-ring (bicyclic) bond motifs is 1. The predicted molar refractivity (Wildman–Crippen MR) is 80.7 cm³/mol. The van der Waals surface area contributed by atoms with Crippen LogP contribution in [0, 0.1) is 0 Å². The molecule has 2 rings (SSSR count). The van der Waals surface area contributed by atoms with Crippen LogP contribution in [0.1, 0.15) is 20.8 Å². The molecule has 6 heteroatoms. The second-order valence-corrected chi connectivity index (χ2v) is 8.78. The summed E-state index contributed by atoms with van der Waals surface area (Å²) in [7, 11) is -1.55. The Morgan fingerprint density at radius 2 is 1.65 bits per heavy atom. The largest absolute Gasteiger partial charge is 0.328 e. The Balaban J connectivity index is 2.42. The normalized spacial score (nSPS) is 13.0. The Bertz CT molecular complexity index is 792. The van der Waals surface area contributed by atoms with Gasteiger partial charge in [0, 0.05) is 13.6 Å². The van der Waals surface area contributed by atoms with E-state index in [2.05, 4.69) is 0 Å². The third kappa shape index (κ3) is 2.40. The molecule has 0 aliphatic heterocycles. The Hall–Kier alpha value is -1.56. The van der Waals surface area contributed by atoms with Crippen molar-refractivity contribution in [3.63, 3.8) is 0 Å². The maximum Gasteiger partial charge on any atom is 0.328 e. The summed E-state index contributed by atoms with van der Waals surface area (Å²) in [4.78, 5) is 12.2. The summed E-state index contributed by atoms with van der Waals surface area (Å²) in [5.41, 5.74) is 1.39. The van der Waals surface area contributed by atoms with E-state index in [0.717, 1.165) is 11.0 Å². The van der Waals surface area contributed by atoms with Gasteiger partial charge in [0.05, 0.1) is 21.5 Å². The van der Waals surface area contributed by atoms with Crippen molar-refractivity contribution in [2.45, 2.75) is 32.1 Å². The van der Waals surface area contributed by atoms with Crippen LogP contribution in [0.4, 0.5) is 0 Å². The zero-order valence-electron chi connectivity index (χ0n) is 12.3. The molecule has 1 aromatic carbocycles. The first-order valence-corrected chi connectivity index (χ1v) is 8.17. The number of aryl methyl sites for hydroxylation is 2. The number of hydrogen-bond donors (Lipinski definition) is 0. The molecule has 0 N–H and O–H groups in total. The molecular weight excluding hydrogens is 276 g/mol. The second kappa shape index (κ2) is 4.77. The van der Waals surface area contributed by atoms with Crippen molar-refractivity contribution in [3.05, 3.63) is 34.7 Å². The second-order valence-electron chi connectivity index (χ2n) is 5.91. The van der Waals surface area contributed by atoms with E-state index in [-0.39, 0.29) is 18.0 Å². The van der Waals surface area contributed by atoms with Crippen molar-refractivity contribution in [3.8, 4) is 0 Å². The number of nitrogens with zero attached hydrogens (tertiary/aromatic N) is 2. The molecular formula is C14H20N2O3S. The first kappa shape index (κ1) is 14.8. The number of imidazole rings is 1. The number of aromatic nitrogens is 2. The van der Waals surface area contributed by atoms with E-state index in [0.29, 0.717) is 0 Å². The molecule has 20 heavy (non-hydrogen) atoms. The van der Waals surface area contributed by atoms with E-state index in [1.807, 2.05) is 24.3 Å². The fourth-order valence-corrected chi connectivity index (χ4v) is 3.13. The molecule has 0 saturated heterocycles. The first-order chi connectivity index (χ1) is 9.15. The van der Waals surface area contributed by atoms with Gasteiger partial charge in [-0.3, -0.25) is 9.13 Å². The van der Waals surface area contributed by atoms with Crippen molar-refractivity contribution in [1.29, 1.82) is 0 Å². The summed E-state index contributed by atoms with van der Waals surface area (Å²) in [6, 6.07) is 7.39. The quantitative estimate of drug-likeness (QED) is 0.863. The van der Waals surface area contributed by atoms with Gasteiger partial charge < -0.3 is 0 Å². The lowest BCUT2D eigenvalue weighted by Crippen LogP contribution is -2.33. The highest BCUT2D eigenvalue weighted by Gasteiger charge is 2.28. The van der Waals surface area contributed by atoms with Gasteiger partial charge in [0.25, 0.3) is 0 Å². The van der Waals surface area contributed by atoms with E-state index in [4.69, 9.17) is 0 Å². The van der Waals surface area contributed by atoms with Crippen molar-refractivity contribution >= 4 is 20.9 Å². The van der Waals surface area contributed by atoms with Gasteiger partial charge in [-0.25, -0.2) is 13.2 Å². The van der Waals surface area contributed by atoms with E-state index in [1.54, 1.807) is 32.4 Å². The molecule has 1 aromatic heterocycles. The van der Waals surface area contributed by atoms with Gasteiger partial charge in [-0.15, -0.1) is 0 Å². The Labute approximate surface area is 118 Å². The molecule has 1 heterocycles. The first-order valence-electron chi connectivity index (χ1n) is 6.52. The summed E-state index contributed by atoms with van der Waals surface area (Å²) in [6.07, 6.45) is 0. The summed E-state index contributed by atoms with van der Waals surface area (Å²) in [6.45, 7) is 5.20. The topological polar surface area (TPSA) is 61.1 Å². The molecule has 0 aliphatic rings. The van der Waals surface area contributed by atoms with Crippen LogP contribution in [0.3, 0.4) is 0 Å². The lowest BCUT2D eigenvalue weighted by atomic mass is 10.3. The minimum absolute atomic E-state index is 0.0373. The highest BCUT2D eigenvalue weighted by atomic mass is 32.2. The van der Waals surface area contributed by atoms with Gasteiger partial charge in [0.1, 0.15) is 0 Å². The van der Waals surface area contributed by atoms with E-state index in [1.165, 1.54) is 4.57 Å². The molecule has 0 bridgehead atoms. The third-order valence-corrected chi connectivity index (χ3v) is 6.15. The molecule has 0 spiro atoms. The van der Waals surface area contributed by atoms with Crippen LogP contribution in [-0.4, -0.2) is 28.1 Å². The zero-order chi connectivity index (χ0) is 15.1. The molecule has 2 aromatic rings. The average Bonchev–Trinajstić information content (AvgIpc) is 2.59. The number of hydrogen-bond acceptors (Lipinski definition) is 3. The van der Waals surface area contributed by atoms with Crippen LogP contribution in [0.25, 0.3) is 11.0 Å². The maximum atomic E-state index is 12.2. The minimum Gasteiger partial charge on any atom is -0.295 e. The molecule has 0 radical (unpaired) electrons. The van der Waals surface area contributed by atoms with E-state index in [9.17, 15) is 13.2 Å². The van der Waals surface area contributed by atoms with Crippen molar-refractivity contribution < 1.29 is 8.42 Å². The molecule has 0 saturated carbocycles. The lowest BCUT2D eigenvalue weighted by molar-refractivity contribution is 0.553. The van der Waals surface area contributed by atoms with E-state index < -0.39 is 14.6 Å². The van der Waals surface area contributed by atoms with Gasteiger partial charge in [-0.2, -0.15) is 0 Å². The minimum atomic E-state index is -3.24. The molecule has 0 amide bonds. The summed E-state index contributed by atoms with van der Waals surface area (Å²) < 4.78 is 26.6. The monoisotopic (exact) mass is 296 g/mol. The number of sulfone groups is 1. The van der Waals surface area contributed by atoms with Crippen molar-refractivity contribution in [2.75, 3.05) is 5.75 Å². The third-order valence-electron chi connectivity index (χ3n) is 3.57.